The Balaban J connectivity index is 2.52. The van der Waals surface area contributed by atoms with Crippen molar-refractivity contribution in [2.75, 3.05) is 0 Å². The quantitative estimate of drug-likeness (QED) is 0.529. The van der Waals surface area contributed by atoms with E-state index in [1.165, 1.54) is 30.3 Å². The maximum Gasteiger partial charge on any atom is 0.294 e. The molecule has 19 heavy (non-hydrogen) atoms. The number of nitro groups is 1. The fraction of sp³-hybridized carbons (Fsp3) is 0. The zero-order valence-electron chi connectivity index (χ0n) is 9.55. The first-order chi connectivity index (χ1) is 8.89. The van der Waals surface area contributed by atoms with Crippen molar-refractivity contribution in [3.63, 3.8) is 0 Å². The van der Waals surface area contributed by atoms with Crippen molar-refractivity contribution in [2.45, 2.75) is 4.90 Å². The first-order valence-electron chi connectivity index (χ1n) is 5.21. The number of hydrogen-bond acceptors (Lipinski definition) is 4. The van der Waals surface area contributed by atoms with E-state index in [1.807, 2.05) is 0 Å². The van der Waals surface area contributed by atoms with E-state index in [2.05, 4.69) is 0 Å². The fourth-order valence-electron chi connectivity index (χ4n) is 1.68. The third-order valence-corrected chi connectivity index (χ3v) is 3.43. The lowest BCUT2D eigenvalue weighted by Gasteiger charge is -2.03. The highest BCUT2D eigenvalue weighted by Crippen LogP contribution is 2.29. The number of benzene rings is 2. The lowest BCUT2D eigenvalue weighted by Crippen LogP contribution is -1.97. The Kier molecular flexibility index (Phi) is 3.32. The summed E-state index contributed by atoms with van der Waals surface area (Å²) in [5.74, 6) is 0. The van der Waals surface area contributed by atoms with Crippen LogP contribution in [0.2, 0.25) is 0 Å². The van der Waals surface area contributed by atoms with Crippen molar-refractivity contribution in [1.29, 1.82) is 0 Å². The molecular formula is C12H9NO5S. The highest BCUT2D eigenvalue weighted by atomic mass is 32.2. The van der Waals surface area contributed by atoms with Crippen molar-refractivity contribution < 1.29 is 17.9 Å². The zero-order chi connectivity index (χ0) is 14.0. The van der Waals surface area contributed by atoms with Gasteiger partial charge >= 0.3 is 0 Å². The van der Waals surface area contributed by atoms with Gasteiger partial charge in [-0.3, -0.25) is 14.7 Å². The van der Waals surface area contributed by atoms with E-state index >= 15 is 0 Å². The van der Waals surface area contributed by atoms with Gasteiger partial charge in [-0.1, -0.05) is 24.3 Å². The number of nitro benzene ring substituents is 1. The molecule has 2 aromatic carbocycles. The monoisotopic (exact) mass is 279 g/mol. The van der Waals surface area contributed by atoms with Gasteiger partial charge < -0.3 is 0 Å². The van der Waals surface area contributed by atoms with Crippen molar-refractivity contribution >= 4 is 15.8 Å². The topological polar surface area (TPSA) is 97.5 Å². The highest BCUT2D eigenvalue weighted by Gasteiger charge is 2.15. The molecule has 0 amide bonds. The highest BCUT2D eigenvalue weighted by molar-refractivity contribution is 7.85. The van der Waals surface area contributed by atoms with Gasteiger partial charge in [0, 0.05) is 6.07 Å². The summed E-state index contributed by atoms with van der Waals surface area (Å²) in [7, 11) is -4.26. The average Bonchev–Trinajstić information content (AvgIpc) is 2.38. The maximum absolute atomic E-state index is 10.9. The van der Waals surface area contributed by atoms with Crippen LogP contribution in [0.4, 0.5) is 5.69 Å². The summed E-state index contributed by atoms with van der Waals surface area (Å²) in [4.78, 5) is 10.1. The van der Waals surface area contributed by atoms with Gasteiger partial charge in [0.25, 0.3) is 15.8 Å². The van der Waals surface area contributed by atoms with Crippen LogP contribution in [0, 0.1) is 10.1 Å². The molecule has 0 aromatic heterocycles. The molecule has 0 aliphatic carbocycles. The van der Waals surface area contributed by atoms with Crippen LogP contribution in [0.5, 0.6) is 0 Å². The van der Waals surface area contributed by atoms with Gasteiger partial charge in [-0.25, -0.2) is 0 Å². The van der Waals surface area contributed by atoms with Gasteiger partial charge in [-0.2, -0.15) is 8.42 Å². The molecule has 0 fully saturated rings. The Hall–Kier alpha value is -2.25. The second-order valence-electron chi connectivity index (χ2n) is 3.77. The van der Waals surface area contributed by atoms with Gasteiger partial charge in [-0.15, -0.1) is 0 Å². The van der Waals surface area contributed by atoms with Crippen LogP contribution in [0.1, 0.15) is 0 Å². The molecule has 2 rings (SSSR count). The summed E-state index contributed by atoms with van der Waals surface area (Å²) in [6.45, 7) is 0. The molecule has 0 spiro atoms. The molecule has 0 aliphatic rings. The van der Waals surface area contributed by atoms with E-state index in [4.69, 9.17) is 4.55 Å². The zero-order valence-corrected chi connectivity index (χ0v) is 10.4. The van der Waals surface area contributed by atoms with Crippen LogP contribution in [-0.4, -0.2) is 17.9 Å². The molecule has 0 unspecified atom stereocenters. The molecule has 0 atom stereocenters. The summed E-state index contributed by atoms with van der Waals surface area (Å²) in [5.41, 5.74) is 0.816. The van der Waals surface area contributed by atoms with E-state index in [0.717, 1.165) is 0 Å². The molecule has 2 aromatic rings. The Morgan fingerprint density at radius 2 is 1.58 bits per heavy atom. The van der Waals surface area contributed by atoms with E-state index in [-0.39, 0.29) is 10.6 Å². The minimum absolute atomic E-state index is 0.0675. The lowest BCUT2D eigenvalue weighted by atomic mass is 10.0. The SMILES string of the molecule is O=[N+]([O-])c1ccccc1-c1ccc(S(=O)(=O)O)cc1. The van der Waals surface area contributed by atoms with Crippen LogP contribution in [0.3, 0.4) is 0 Å². The largest absolute Gasteiger partial charge is 0.294 e. The van der Waals surface area contributed by atoms with Gasteiger partial charge in [0.2, 0.25) is 0 Å². The van der Waals surface area contributed by atoms with Crippen LogP contribution in [0.25, 0.3) is 11.1 Å². The van der Waals surface area contributed by atoms with Crippen molar-refractivity contribution in [1.82, 2.24) is 0 Å². The Labute approximate surface area is 109 Å². The van der Waals surface area contributed by atoms with Crippen LogP contribution in [0.15, 0.2) is 53.4 Å². The van der Waals surface area contributed by atoms with Crippen molar-refractivity contribution in [3.8, 4) is 11.1 Å². The number of nitrogens with zero attached hydrogens (tertiary/aromatic N) is 1. The molecule has 0 heterocycles. The summed E-state index contributed by atoms with van der Waals surface area (Å²) in [5, 5.41) is 10.9. The minimum Gasteiger partial charge on any atom is -0.282 e. The first-order valence-corrected chi connectivity index (χ1v) is 6.65. The lowest BCUT2D eigenvalue weighted by molar-refractivity contribution is -0.384. The molecule has 6 nitrogen and oxygen atoms in total. The normalized spacial score (nSPS) is 11.2. The molecule has 98 valence electrons. The standard InChI is InChI=1S/C12H9NO5S/c14-13(15)12-4-2-1-3-11(12)9-5-7-10(8-6-9)19(16,17)18/h1-8H,(H,16,17,18). The molecule has 0 saturated heterocycles. The van der Waals surface area contributed by atoms with Crippen LogP contribution >= 0.6 is 0 Å². The summed E-state index contributed by atoms with van der Waals surface area (Å²) < 4.78 is 30.7. The molecular weight excluding hydrogens is 270 g/mol. The third-order valence-electron chi connectivity index (χ3n) is 2.56. The van der Waals surface area contributed by atoms with Crippen LogP contribution in [-0.2, 0) is 10.1 Å². The Morgan fingerprint density at radius 3 is 2.11 bits per heavy atom. The molecule has 0 bridgehead atoms. The predicted molar refractivity (Wildman–Crippen MR) is 68.3 cm³/mol. The molecule has 7 heteroatoms. The van der Waals surface area contributed by atoms with Gasteiger partial charge in [-0.05, 0) is 23.8 Å². The summed E-state index contributed by atoms with van der Waals surface area (Å²) >= 11 is 0. The van der Waals surface area contributed by atoms with Crippen LogP contribution < -0.4 is 0 Å². The van der Waals surface area contributed by atoms with E-state index in [1.54, 1.807) is 18.2 Å². The third kappa shape index (κ3) is 2.78. The van der Waals surface area contributed by atoms with Crippen molar-refractivity contribution in [3.05, 3.63) is 58.6 Å². The molecule has 1 N–H and O–H groups in total. The first kappa shape index (κ1) is 13.2. The Bertz CT molecular complexity index is 722. The average molecular weight is 279 g/mol. The maximum atomic E-state index is 10.9. The molecule has 0 saturated carbocycles. The number of rotatable bonds is 3. The van der Waals surface area contributed by atoms with Gasteiger partial charge in [0.1, 0.15) is 0 Å². The van der Waals surface area contributed by atoms with Gasteiger partial charge in [0.15, 0.2) is 0 Å². The fourth-order valence-corrected chi connectivity index (χ4v) is 2.16. The van der Waals surface area contributed by atoms with Gasteiger partial charge in [0.05, 0.1) is 15.4 Å². The summed E-state index contributed by atoms with van der Waals surface area (Å²) in [6, 6.07) is 11.3. The Morgan fingerprint density at radius 1 is 1.00 bits per heavy atom. The second-order valence-corrected chi connectivity index (χ2v) is 5.20. The van der Waals surface area contributed by atoms with Crippen molar-refractivity contribution in [2.24, 2.45) is 0 Å². The molecule has 0 aliphatic heterocycles. The smallest absolute Gasteiger partial charge is 0.282 e. The van der Waals surface area contributed by atoms with E-state index in [9.17, 15) is 18.5 Å². The number of hydrogen-bond donors (Lipinski definition) is 1. The van der Waals surface area contributed by atoms with E-state index < -0.39 is 15.0 Å². The predicted octanol–water partition coefficient (Wildman–Crippen LogP) is 2.51. The van der Waals surface area contributed by atoms with E-state index in [0.29, 0.717) is 11.1 Å². The molecule has 0 radical (unpaired) electrons. The summed E-state index contributed by atoms with van der Waals surface area (Å²) in [6.07, 6.45) is 0. The minimum atomic E-state index is -4.26. The number of para-hydroxylation sites is 1. The second kappa shape index (κ2) is 4.79.